The maximum absolute atomic E-state index is 13.2. The molecule has 2 rings (SSSR count). The third kappa shape index (κ3) is 4.07. The summed E-state index contributed by atoms with van der Waals surface area (Å²) in [6.07, 6.45) is -4.67. The van der Waals surface area contributed by atoms with Crippen molar-refractivity contribution < 1.29 is 22.4 Å². The molecule has 0 radical (unpaired) electrons. The lowest BCUT2D eigenvalue weighted by molar-refractivity contribution is -0.140. The largest absolute Gasteiger partial charge is 0.419 e. The number of nitriles is 1. The maximum Gasteiger partial charge on any atom is 0.419 e. The maximum atomic E-state index is 13.2. The average molecular weight is 322 g/mol. The van der Waals surface area contributed by atoms with Gasteiger partial charge in [0, 0.05) is 11.3 Å². The van der Waals surface area contributed by atoms with Gasteiger partial charge in [-0.3, -0.25) is 4.79 Å². The number of alkyl halides is 3. The summed E-state index contributed by atoms with van der Waals surface area (Å²) in [5.74, 6) is -2.22. The van der Waals surface area contributed by atoms with Crippen molar-refractivity contribution in [2.75, 3.05) is 5.32 Å². The normalized spacial score (nSPS) is 10.9. The predicted octanol–water partition coefficient (Wildman–Crippen LogP) is 4.16. The zero-order chi connectivity index (χ0) is 17.0. The first-order chi connectivity index (χ1) is 10.8. The van der Waals surface area contributed by atoms with Crippen molar-refractivity contribution in [1.29, 1.82) is 5.26 Å². The summed E-state index contributed by atoms with van der Waals surface area (Å²) in [7, 11) is 0. The molecular weight excluding hydrogens is 312 g/mol. The zero-order valence-corrected chi connectivity index (χ0v) is 11.6. The summed E-state index contributed by atoms with van der Waals surface area (Å²) in [5, 5.41) is 11.0. The summed E-state index contributed by atoms with van der Waals surface area (Å²) in [6, 6.07) is 10.3. The molecule has 0 aromatic heterocycles. The quantitative estimate of drug-likeness (QED) is 0.863. The number of carbonyl (C=O) groups is 1. The van der Waals surface area contributed by atoms with Crippen LogP contribution in [0.2, 0.25) is 0 Å². The van der Waals surface area contributed by atoms with Gasteiger partial charge in [-0.25, -0.2) is 4.39 Å². The fraction of sp³-hybridized carbons (Fsp3) is 0.125. The molecule has 0 heterocycles. The Bertz CT molecular complexity index is 761. The van der Waals surface area contributed by atoms with Gasteiger partial charge < -0.3 is 5.32 Å². The Morgan fingerprint density at radius 1 is 1.13 bits per heavy atom. The molecule has 0 aliphatic carbocycles. The van der Waals surface area contributed by atoms with Crippen LogP contribution in [0.3, 0.4) is 0 Å². The lowest BCUT2D eigenvalue weighted by Crippen LogP contribution is -2.15. The van der Waals surface area contributed by atoms with Gasteiger partial charge in [0.25, 0.3) is 5.91 Å². The van der Waals surface area contributed by atoms with E-state index in [0.29, 0.717) is 17.8 Å². The molecule has 7 heteroatoms. The van der Waals surface area contributed by atoms with Crippen LogP contribution >= 0.6 is 0 Å². The summed E-state index contributed by atoms with van der Waals surface area (Å²) in [5.41, 5.74) is -0.699. The van der Waals surface area contributed by atoms with E-state index in [4.69, 9.17) is 5.26 Å². The number of benzene rings is 2. The van der Waals surface area contributed by atoms with Gasteiger partial charge in [0.15, 0.2) is 0 Å². The number of anilines is 1. The second-order valence-electron chi connectivity index (χ2n) is 4.68. The third-order valence-electron chi connectivity index (χ3n) is 3.03. The number of nitrogens with zero attached hydrogens (tertiary/aromatic N) is 1. The van der Waals surface area contributed by atoms with E-state index in [9.17, 15) is 22.4 Å². The van der Waals surface area contributed by atoms with Gasteiger partial charge in [-0.2, -0.15) is 18.4 Å². The minimum absolute atomic E-state index is 0.209. The first-order valence-electron chi connectivity index (χ1n) is 6.45. The number of rotatable bonds is 3. The second kappa shape index (κ2) is 6.48. The SMILES string of the molecule is N#CCc1ccc(NC(=O)c2ccc(F)c(C(F)(F)F)c2)cc1. The number of halogens is 4. The van der Waals surface area contributed by atoms with Gasteiger partial charge in [-0.1, -0.05) is 12.1 Å². The van der Waals surface area contributed by atoms with E-state index >= 15 is 0 Å². The highest BCUT2D eigenvalue weighted by Gasteiger charge is 2.34. The van der Waals surface area contributed by atoms with Crippen molar-refractivity contribution in [1.82, 2.24) is 0 Å². The van der Waals surface area contributed by atoms with Gasteiger partial charge in [-0.15, -0.1) is 0 Å². The van der Waals surface area contributed by atoms with Crippen molar-refractivity contribution in [3.63, 3.8) is 0 Å². The Hall–Kier alpha value is -2.88. The Balaban J connectivity index is 2.19. The van der Waals surface area contributed by atoms with E-state index < -0.39 is 23.5 Å². The molecule has 2 aromatic rings. The Morgan fingerprint density at radius 2 is 1.78 bits per heavy atom. The van der Waals surface area contributed by atoms with Crippen molar-refractivity contribution in [2.45, 2.75) is 12.6 Å². The van der Waals surface area contributed by atoms with Crippen LogP contribution in [-0.2, 0) is 12.6 Å². The summed E-state index contributed by atoms with van der Waals surface area (Å²) in [6.45, 7) is 0. The van der Waals surface area contributed by atoms with Crippen molar-refractivity contribution in [3.8, 4) is 6.07 Å². The van der Waals surface area contributed by atoms with Crippen LogP contribution in [-0.4, -0.2) is 5.91 Å². The zero-order valence-electron chi connectivity index (χ0n) is 11.6. The molecular formula is C16H10F4N2O. The summed E-state index contributed by atoms with van der Waals surface area (Å²) in [4.78, 5) is 12.0. The first kappa shape index (κ1) is 16.5. The van der Waals surface area contributed by atoms with Crippen molar-refractivity contribution >= 4 is 11.6 Å². The first-order valence-corrected chi connectivity index (χ1v) is 6.45. The van der Waals surface area contributed by atoms with Gasteiger partial charge in [0.1, 0.15) is 5.82 Å². The molecule has 0 saturated carbocycles. The Labute approximate surface area is 129 Å². The second-order valence-corrected chi connectivity index (χ2v) is 4.68. The lowest BCUT2D eigenvalue weighted by Gasteiger charge is -2.10. The van der Waals surface area contributed by atoms with E-state index in [1.54, 1.807) is 12.1 Å². The van der Waals surface area contributed by atoms with Crippen LogP contribution in [0.1, 0.15) is 21.5 Å². The molecule has 1 N–H and O–H groups in total. The highest BCUT2D eigenvalue weighted by atomic mass is 19.4. The molecule has 0 unspecified atom stereocenters. The van der Waals surface area contributed by atoms with Gasteiger partial charge >= 0.3 is 6.18 Å². The summed E-state index contributed by atoms with van der Waals surface area (Å²) >= 11 is 0. The number of nitrogens with one attached hydrogen (secondary N) is 1. The molecule has 0 atom stereocenters. The topological polar surface area (TPSA) is 52.9 Å². The molecule has 23 heavy (non-hydrogen) atoms. The number of carbonyl (C=O) groups excluding carboxylic acids is 1. The highest BCUT2D eigenvalue weighted by Crippen LogP contribution is 2.32. The molecule has 0 spiro atoms. The Morgan fingerprint density at radius 3 is 2.35 bits per heavy atom. The highest BCUT2D eigenvalue weighted by molar-refractivity contribution is 6.04. The standard InChI is InChI=1S/C16H10F4N2O/c17-14-6-3-11(9-13(14)16(18,19)20)15(23)22-12-4-1-10(2-5-12)7-8-21/h1-6,9H,7H2,(H,22,23). The van der Waals surface area contributed by atoms with Gasteiger partial charge in [-0.05, 0) is 35.9 Å². The number of amides is 1. The minimum atomic E-state index is -4.88. The number of hydrogen-bond donors (Lipinski definition) is 1. The fourth-order valence-electron chi connectivity index (χ4n) is 1.88. The van der Waals surface area contributed by atoms with Gasteiger partial charge in [0.2, 0.25) is 0 Å². The van der Waals surface area contributed by atoms with E-state index in [1.807, 2.05) is 6.07 Å². The van der Waals surface area contributed by atoms with E-state index in [2.05, 4.69) is 5.32 Å². The minimum Gasteiger partial charge on any atom is -0.322 e. The van der Waals surface area contributed by atoms with E-state index in [-0.39, 0.29) is 12.0 Å². The van der Waals surface area contributed by atoms with Crippen LogP contribution in [0.15, 0.2) is 42.5 Å². The Kier molecular flexibility index (Phi) is 4.65. The van der Waals surface area contributed by atoms with Crippen LogP contribution in [0.25, 0.3) is 0 Å². The lowest BCUT2D eigenvalue weighted by atomic mass is 10.1. The molecule has 2 aromatic carbocycles. The predicted molar refractivity (Wildman–Crippen MR) is 75.1 cm³/mol. The van der Waals surface area contributed by atoms with Crippen LogP contribution in [0.5, 0.6) is 0 Å². The third-order valence-corrected chi connectivity index (χ3v) is 3.03. The van der Waals surface area contributed by atoms with Gasteiger partial charge in [0.05, 0.1) is 18.1 Å². The van der Waals surface area contributed by atoms with Crippen molar-refractivity contribution in [3.05, 3.63) is 65.0 Å². The molecule has 0 fully saturated rings. The average Bonchev–Trinajstić information content (AvgIpc) is 2.48. The fourth-order valence-corrected chi connectivity index (χ4v) is 1.88. The van der Waals surface area contributed by atoms with Crippen LogP contribution < -0.4 is 5.32 Å². The molecule has 0 aliphatic rings. The van der Waals surface area contributed by atoms with E-state index in [1.165, 1.54) is 12.1 Å². The smallest absolute Gasteiger partial charge is 0.322 e. The number of hydrogen-bond acceptors (Lipinski definition) is 2. The van der Waals surface area contributed by atoms with E-state index in [0.717, 1.165) is 11.6 Å². The molecule has 0 aliphatic heterocycles. The molecule has 118 valence electrons. The summed E-state index contributed by atoms with van der Waals surface area (Å²) < 4.78 is 51.1. The molecule has 0 saturated heterocycles. The monoisotopic (exact) mass is 322 g/mol. The molecule has 0 bridgehead atoms. The van der Waals surface area contributed by atoms with Crippen molar-refractivity contribution in [2.24, 2.45) is 0 Å². The molecule has 1 amide bonds. The molecule has 3 nitrogen and oxygen atoms in total. The van der Waals surface area contributed by atoms with Crippen LogP contribution in [0.4, 0.5) is 23.2 Å². The van der Waals surface area contributed by atoms with Crippen LogP contribution in [0, 0.1) is 17.1 Å².